The van der Waals surface area contributed by atoms with Crippen LogP contribution < -0.4 is 9.44 Å². The first-order valence-electron chi connectivity index (χ1n) is 13.3. The minimum atomic E-state index is -3.75. The lowest BCUT2D eigenvalue weighted by atomic mass is 9.96. The minimum absolute atomic E-state index is 0.0319. The molecule has 4 saturated carbocycles. The monoisotopic (exact) mass is 541 g/mol. The van der Waals surface area contributed by atoms with Gasteiger partial charge in [0.25, 0.3) is 0 Å². The highest BCUT2D eigenvalue weighted by molar-refractivity contribution is 7.89. The first-order chi connectivity index (χ1) is 17.7. The fourth-order valence-corrected chi connectivity index (χ4v) is 10.5. The molecule has 0 aliphatic heterocycles. The van der Waals surface area contributed by atoms with E-state index in [2.05, 4.69) is 14.6 Å². The van der Waals surface area contributed by atoms with E-state index in [4.69, 9.17) is 0 Å². The quantitative estimate of drug-likeness (QED) is 0.323. The van der Waals surface area contributed by atoms with E-state index in [0.29, 0.717) is 45.9 Å². The minimum Gasteiger partial charge on any atom is -0.410 e. The first kappa shape index (κ1) is 23.8. The Kier molecular flexibility index (Phi) is 5.38. The second-order valence-electron chi connectivity index (χ2n) is 11.7. The Hall–Kier alpha value is -2.27. The predicted octanol–water partition coefficient (Wildman–Crippen LogP) is 3.83. The van der Waals surface area contributed by atoms with Gasteiger partial charge in [0.1, 0.15) is 5.71 Å². The fourth-order valence-electron chi connectivity index (χ4n) is 7.81. The van der Waals surface area contributed by atoms with Crippen LogP contribution in [0, 0.1) is 23.7 Å². The molecule has 5 aliphatic rings. The number of oxime groups is 1. The van der Waals surface area contributed by atoms with Crippen LogP contribution in [0.1, 0.15) is 62.5 Å². The summed E-state index contributed by atoms with van der Waals surface area (Å²) in [5.74, 6) is 2.04. The number of rotatable bonds is 6. The molecule has 0 amide bonds. The third kappa shape index (κ3) is 3.87. The van der Waals surface area contributed by atoms with Crippen molar-refractivity contribution in [2.45, 2.75) is 73.2 Å². The van der Waals surface area contributed by atoms with E-state index in [9.17, 15) is 22.0 Å². The van der Waals surface area contributed by atoms with E-state index in [1.54, 1.807) is 24.3 Å². The summed E-state index contributed by atoms with van der Waals surface area (Å²) in [6.45, 7) is 0. The third-order valence-corrected chi connectivity index (χ3v) is 12.6. The maximum atomic E-state index is 13.2. The highest BCUT2D eigenvalue weighted by Gasteiger charge is 2.43. The molecular formula is C27H31N3O5S2. The summed E-state index contributed by atoms with van der Waals surface area (Å²) in [5.41, 5.74) is 2.56. The molecule has 0 spiro atoms. The number of fused-ring (bicyclic) bond motifs is 7. The van der Waals surface area contributed by atoms with Gasteiger partial charge in [-0.2, -0.15) is 0 Å². The van der Waals surface area contributed by atoms with E-state index in [0.717, 1.165) is 38.5 Å². The van der Waals surface area contributed by atoms with Crippen LogP contribution >= 0.6 is 0 Å². The standard InChI is InChI=1S/C27H31N3O5S2/c31-28-27-23-13-19(36(32,33)29-25-11-15-1-3-17(25)9-15)5-7-21(23)22-8-6-20(14-24(22)27)37(34,35)30-26-12-16-2-4-18(26)10-16/h5-8,13-18,25-26,29-31H,1-4,9-12H2/t15-,16?,17+,18?,25+,26-/m0/s1. The number of hydrogen-bond donors (Lipinski definition) is 3. The number of sulfonamides is 2. The van der Waals surface area contributed by atoms with Crippen LogP contribution in [-0.4, -0.2) is 39.8 Å². The summed E-state index contributed by atoms with van der Waals surface area (Å²) in [6, 6.07) is 9.56. The van der Waals surface area contributed by atoms with Crippen molar-refractivity contribution in [3.05, 3.63) is 47.5 Å². The Morgan fingerprint density at radius 1 is 0.649 bits per heavy atom. The van der Waals surface area contributed by atoms with Crippen LogP contribution in [0.3, 0.4) is 0 Å². The Labute approximate surface area is 217 Å². The highest BCUT2D eigenvalue weighted by atomic mass is 32.2. The summed E-state index contributed by atoms with van der Waals surface area (Å²) in [4.78, 5) is 0.238. The number of hydrogen-bond acceptors (Lipinski definition) is 6. The largest absolute Gasteiger partial charge is 0.410 e. The SMILES string of the molecule is O=S(=O)(N[C@H]1CC2CCC1C2)c1ccc2c(c1)C(=NO)c1cc(S(=O)(=O)N[C@@H]3C[C@H]4CC[C@@H]3C4)ccc1-2. The second kappa shape index (κ2) is 8.36. The summed E-state index contributed by atoms with van der Waals surface area (Å²) in [6.07, 6.45) is 8.47. The van der Waals surface area contributed by atoms with Crippen LogP contribution in [0.15, 0.2) is 51.3 Å². The van der Waals surface area contributed by atoms with Gasteiger partial charge in [0.15, 0.2) is 0 Å². The molecular weight excluding hydrogens is 510 g/mol. The molecule has 8 nitrogen and oxygen atoms in total. The summed E-state index contributed by atoms with van der Waals surface area (Å²) in [7, 11) is -7.50. The average Bonchev–Trinajstić information content (AvgIpc) is 3.69. The fraction of sp³-hybridized carbons (Fsp3) is 0.519. The Bertz CT molecular complexity index is 1420. The lowest BCUT2D eigenvalue weighted by molar-refractivity contribution is 0.320. The number of benzene rings is 2. The van der Waals surface area contributed by atoms with Crippen molar-refractivity contribution < 1.29 is 22.0 Å². The Morgan fingerprint density at radius 2 is 1.11 bits per heavy atom. The van der Waals surface area contributed by atoms with Gasteiger partial charge in [-0.15, -0.1) is 0 Å². The van der Waals surface area contributed by atoms with Crippen LogP contribution in [0.4, 0.5) is 0 Å². The van der Waals surface area contributed by atoms with Crippen molar-refractivity contribution >= 4 is 25.8 Å². The molecule has 2 aromatic rings. The van der Waals surface area contributed by atoms with Crippen molar-refractivity contribution in [2.24, 2.45) is 28.8 Å². The van der Waals surface area contributed by atoms with E-state index in [1.807, 2.05) is 0 Å². The Balaban J connectivity index is 1.17. The molecule has 5 aliphatic carbocycles. The molecule has 0 radical (unpaired) electrons. The summed E-state index contributed by atoms with van der Waals surface area (Å²) in [5, 5.41) is 13.4. The number of nitrogens with zero attached hydrogens (tertiary/aromatic N) is 1. The van der Waals surface area contributed by atoms with Gasteiger partial charge in [-0.05, 0) is 97.6 Å². The van der Waals surface area contributed by atoms with Gasteiger partial charge in [0.05, 0.1) is 9.79 Å². The average molecular weight is 542 g/mol. The van der Waals surface area contributed by atoms with E-state index >= 15 is 0 Å². The van der Waals surface area contributed by atoms with Crippen LogP contribution in [0.25, 0.3) is 11.1 Å². The van der Waals surface area contributed by atoms with Gasteiger partial charge >= 0.3 is 0 Å². The van der Waals surface area contributed by atoms with Crippen molar-refractivity contribution in [2.75, 3.05) is 0 Å². The van der Waals surface area contributed by atoms with Gasteiger partial charge in [-0.3, -0.25) is 0 Å². The van der Waals surface area contributed by atoms with Crippen molar-refractivity contribution in [3.8, 4) is 11.1 Å². The highest BCUT2D eigenvalue weighted by Crippen LogP contribution is 2.46. The normalized spacial score (nSPS) is 32.8. The molecule has 37 heavy (non-hydrogen) atoms. The van der Waals surface area contributed by atoms with Crippen LogP contribution in [0.2, 0.25) is 0 Å². The molecule has 2 unspecified atom stereocenters. The van der Waals surface area contributed by atoms with E-state index < -0.39 is 20.0 Å². The number of nitrogens with one attached hydrogen (secondary N) is 2. The molecule has 6 atom stereocenters. The van der Waals surface area contributed by atoms with Gasteiger partial charge in [0.2, 0.25) is 20.0 Å². The molecule has 7 rings (SSSR count). The van der Waals surface area contributed by atoms with Crippen molar-refractivity contribution in [3.63, 3.8) is 0 Å². The topological polar surface area (TPSA) is 125 Å². The molecule has 10 heteroatoms. The molecule has 0 heterocycles. The summed E-state index contributed by atoms with van der Waals surface area (Å²) >= 11 is 0. The van der Waals surface area contributed by atoms with E-state index in [-0.39, 0.29) is 27.6 Å². The van der Waals surface area contributed by atoms with E-state index in [1.165, 1.54) is 25.0 Å². The first-order valence-corrected chi connectivity index (χ1v) is 16.2. The molecule has 3 N–H and O–H groups in total. The van der Waals surface area contributed by atoms with Crippen molar-refractivity contribution in [1.82, 2.24) is 9.44 Å². The maximum Gasteiger partial charge on any atom is 0.240 e. The second-order valence-corrected chi connectivity index (χ2v) is 15.1. The zero-order chi connectivity index (χ0) is 25.5. The molecule has 0 aromatic heterocycles. The zero-order valence-electron chi connectivity index (χ0n) is 20.4. The van der Waals surface area contributed by atoms with Crippen molar-refractivity contribution in [1.29, 1.82) is 0 Å². The zero-order valence-corrected chi connectivity index (χ0v) is 22.1. The van der Waals surface area contributed by atoms with Crippen LogP contribution in [0.5, 0.6) is 0 Å². The Morgan fingerprint density at radius 3 is 1.46 bits per heavy atom. The third-order valence-electron chi connectivity index (χ3n) is 9.59. The smallest absolute Gasteiger partial charge is 0.240 e. The summed E-state index contributed by atoms with van der Waals surface area (Å²) < 4.78 is 58.8. The molecule has 4 fully saturated rings. The van der Waals surface area contributed by atoms with Gasteiger partial charge in [-0.1, -0.05) is 30.1 Å². The molecule has 2 aromatic carbocycles. The molecule has 196 valence electrons. The van der Waals surface area contributed by atoms with Gasteiger partial charge in [-0.25, -0.2) is 26.3 Å². The van der Waals surface area contributed by atoms with Crippen LogP contribution in [-0.2, 0) is 20.0 Å². The maximum absolute atomic E-state index is 13.2. The van der Waals surface area contributed by atoms with Gasteiger partial charge < -0.3 is 5.21 Å². The predicted molar refractivity (Wildman–Crippen MR) is 138 cm³/mol. The lowest BCUT2D eigenvalue weighted by Crippen LogP contribution is -2.38. The lowest BCUT2D eigenvalue weighted by Gasteiger charge is -2.22. The van der Waals surface area contributed by atoms with Gasteiger partial charge in [0, 0.05) is 23.2 Å². The molecule has 0 saturated heterocycles. The molecule has 4 bridgehead atoms.